The number of H-pyrrole nitrogens is 1. The van der Waals surface area contributed by atoms with Crippen molar-refractivity contribution in [3.8, 4) is 0 Å². The van der Waals surface area contributed by atoms with Crippen LogP contribution in [0.3, 0.4) is 0 Å². The number of aliphatic hydroxyl groups excluding tert-OH is 2. The summed E-state index contributed by atoms with van der Waals surface area (Å²) in [6.45, 7) is -0.549. The van der Waals surface area contributed by atoms with Gasteiger partial charge in [-0.05, 0) is 0 Å². The predicted molar refractivity (Wildman–Crippen MR) is 50.1 cm³/mol. The zero-order chi connectivity index (χ0) is 11.4. The van der Waals surface area contributed by atoms with Crippen LogP contribution in [0.25, 0.3) is 0 Å². The molecule has 0 spiro atoms. The molecule has 1 atom stereocenters. The molecular formula is C8H12N2O5. The lowest BCUT2D eigenvalue weighted by Gasteiger charge is -2.16. The number of nitrogens with zero attached hydrogens (tertiary/aromatic N) is 1. The van der Waals surface area contributed by atoms with E-state index in [2.05, 4.69) is 0 Å². The van der Waals surface area contributed by atoms with Crippen LogP contribution in [0.1, 0.15) is 0 Å². The van der Waals surface area contributed by atoms with Gasteiger partial charge < -0.3 is 19.9 Å². The third-order valence-corrected chi connectivity index (χ3v) is 1.98. The molecule has 0 aromatic carbocycles. The van der Waals surface area contributed by atoms with E-state index < -0.39 is 30.1 Å². The van der Waals surface area contributed by atoms with Crippen molar-refractivity contribution in [2.24, 2.45) is 5.92 Å². The minimum Gasteiger partial charge on any atom is -0.396 e. The molecule has 0 aliphatic carbocycles. The molecule has 0 saturated heterocycles. The molecule has 1 heterocycles. The van der Waals surface area contributed by atoms with Gasteiger partial charge in [-0.3, -0.25) is 9.78 Å². The summed E-state index contributed by atoms with van der Waals surface area (Å²) in [5.74, 6) is -0.867. The number of hydrogen-bond donors (Lipinski definition) is 4. The quantitative estimate of drug-likeness (QED) is 0.414. The van der Waals surface area contributed by atoms with Gasteiger partial charge >= 0.3 is 5.69 Å². The van der Waals surface area contributed by atoms with Crippen molar-refractivity contribution in [3.63, 3.8) is 0 Å². The second-order valence-corrected chi connectivity index (χ2v) is 3.12. The molecule has 1 rings (SSSR count). The van der Waals surface area contributed by atoms with Gasteiger partial charge in [0, 0.05) is 18.8 Å². The fraction of sp³-hybridized carbons (Fsp3) is 0.500. The second-order valence-electron chi connectivity index (χ2n) is 3.12. The zero-order valence-electron chi connectivity index (χ0n) is 7.83. The number of rotatable bonds is 4. The Labute approximate surface area is 84.2 Å². The van der Waals surface area contributed by atoms with Crippen molar-refractivity contribution in [1.29, 1.82) is 0 Å². The van der Waals surface area contributed by atoms with E-state index in [9.17, 15) is 9.59 Å². The average molecular weight is 216 g/mol. The lowest BCUT2D eigenvalue weighted by atomic mass is 10.1. The lowest BCUT2D eigenvalue weighted by Crippen LogP contribution is -2.35. The van der Waals surface area contributed by atoms with Crippen molar-refractivity contribution in [3.05, 3.63) is 33.1 Å². The van der Waals surface area contributed by atoms with Crippen LogP contribution >= 0.6 is 0 Å². The highest BCUT2D eigenvalue weighted by atomic mass is 16.5. The summed E-state index contributed by atoms with van der Waals surface area (Å²) in [7, 11) is 0. The molecule has 4 N–H and O–H groups in total. The van der Waals surface area contributed by atoms with Crippen LogP contribution in [0.2, 0.25) is 0 Å². The lowest BCUT2D eigenvalue weighted by molar-refractivity contribution is -0.101. The van der Waals surface area contributed by atoms with E-state index in [0.29, 0.717) is 0 Å². The van der Waals surface area contributed by atoms with Crippen molar-refractivity contribution in [1.82, 2.24) is 9.55 Å². The third-order valence-electron chi connectivity index (χ3n) is 1.98. The van der Waals surface area contributed by atoms with Gasteiger partial charge in [0.25, 0.3) is 5.56 Å². The smallest absolute Gasteiger partial charge is 0.328 e. The number of aliphatic hydroxyl groups is 3. The molecule has 0 bridgehead atoms. The SMILES string of the molecule is O=c1ccn(CC(CO)C(O)O)c(=O)[nH]1. The van der Waals surface area contributed by atoms with E-state index in [1.165, 1.54) is 6.20 Å². The Bertz CT molecular complexity index is 422. The Morgan fingerprint density at radius 3 is 2.53 bits per heavy atom. The summed E-state index contributed by atoms with van der Waals surface area (Å²) < 4.78 is 1.09. The summed E-state index contributed by atoms with van der Waals surface area (Å²) in [6, 6.07) is 1.14. The van der Waals surface area contributed by atoms with Gasteiger partial charge in [0.2, 0.25) is 0 Å². The van der Waals surface area contributed by atoms with Crippen LogP contribution in [0, 0.1) is 5.92 Å². The topological polar surface area (TPSA) is 116 Å². The monoisotopic (exact) mass is 216 g/mol. The Morgan fingerprint density at radius 2 is 2.07 bits per heavy atom. The first-order valence-corrected chi connectivity index (χ1v) is 4.31. The summed E-state index contributed by atoms with van der Waals surface area (Å²) >= 11 is 0. The molecule has 7 nitrogen and oxygen atoms in total. The maximum atomic E-state index is 11.2. The normalized spacial score (nSPS) is 13.1. The van der Waals surface area contributed by atoms with Crippen LogP contribution in [-0.4, -0.2) is 37.8 Å². The molecule has 1 aromatic heterocycles. The van der Waals surface area contributed by atoms with E-state index in [1.54, 1.807) is 0 Å². The van der Waals surface area contributed by atoms with E-state index in [-0.39, 0.29) is 6.54 Å². The molecular weight excluding hydrogens is 204 g/mol. The van der Waals surface area contributed by atoms with Crippen LogP contribution in [0.4, 0.5) is 0 Å². The summed E-state index contributed by atoms with van der Waals surface area (Å²) in [5.41, 5.74) is -1.18. The van der Waals surface area contributed by atoms with Crippen LogP contribution < -0.4 is 11.2 Å². The molecule has 0 aliphatic heterocycles. The maximum absolute atomic E-state index is 11.2. The molecule has 7 heteroatoms. The van der Waals surface area contributed by atoms with Crippen molar-refractivity contribution >= 4 is 0 Å². The number of aromatic nitrogens is 2. The Kier molecular flexibility index (Phi) is 3.78. The maximum Gasteiger partial charge on any atom is 0.328 e. The largest absolute Gasteiger partial charge is 0.396 e. The standard InChI is InChI=1S/C8H12N2O5/c11-4-5(7(13)14)3-10-2-1-6(12)9-8(10)15/h1-2,5,7,11,13-14H,3-4H2,(H,9,12,15). The predicted octanol–water partition coefficient (Wildman–Crippen LogP) is -2.54. The number of hydrogen-bond acceptors (Lipinski definition) is 5. The van der Waals surface area contributed by atoms with Gasteiger partial charge in [-0.25, -0.2) is 4.79 Å². The molecule has 84 valence electrons. The number of aromatic amines is 1. The van der Waals surface area contributed by atoms with Crippen molar-refractivity contribution in [2.45, 2.75) is 12.8 Å². The van der Waals surface area contributed by atoms with E-state index in [0.717, 1.165) is 10.6 Å². The molecule has 0 saturated carbocycles. The fourth-order valence-corrected chi connectivity index (χ4v) is 1.09. The fourth-order valence-electron chi connectivity index (χ4n) is 1.09. The Hall–Kier alpha value is -1.44. The third kappa shape index (κ3) is 3.01. The highest BCUT2D eigenvalue weighted by molar-refractivity contribution is 4.83. The summed E-state index contributed by atoms with van der Waals surface area (Å²) in [5, 5.41) is 26.5. The molecule has 0 radical (unpaired) electrons. The van der Waals surface area contributed by atoms with Gasteiger partial charge in [0.1, 0.15) is 0 Å². The molecule has 0 amide bonds. The minimum absolute atomic E-state index is 0.0796. The van der Waals surface area contributed by atoms with Crippen molar-refractivity contribution in [2.75, 3.05) is 6.61 Å². The molecule has 1 unspecified atom stereocenters. The highest BCUT2D eigenvalue weighted by Gasteiger charge is 2.16. The van der Waals surface area contributed by atoms with Crippen molar-refractivity contribution < 1.29 is 15.3 Å². The molecule has 0 aliphatic rings. The van der Waals surface area contributed by atoms with Gasteiger partial charge in [-0.2, -0.15) is 0 Å². The van der Waals surface area contributed by atoms with Crippen LogP contribution in [0.15, 0.2) is 21.9 Å². The summed E-state index contributed by atoms with van der Waals surface area (Å²) in [6.07, 6.45) is -0.486. The minimum atomic E-state index is -1.71. The molecule has 1 aromatic rings. The summed E-state index contributed by atoms with van der Waals surface area (Å²) in [4.78, 5) is 23.9. The van der Waals surface area contributed by atoms with Gasteiger partial charge in [0.15, 0.2) is 6.29 Å². The second kappa shape index (κ2) is 4.87. The first-order chi connectivity index (χ1) is 7.04. The van der Waals surface area contributed by atoms with E-state index in [4.69, 9.17) is 15.3 Å². The Balaban J connectivity index is 2.89. The highest BCUT2D eigenvalue weighted by Crippen LogP contribution is 2.02. The molecule has 0 fully saturated rings. The molecule has 15 heavy (non-hydrogen) atoms. The van der Waals surface area contributed by atoms with Crippen LogP contribution in [0.5, 0.6) is 0 Å². The zero-order valence-corrected chi connectivity index (χ0v) is 7.83. The number of nitrogens with one attached hydrogen (secondary N) is 1. The average Bonchev–Trinajstić information content (AvgIpc) is 2.16. The Morgan fingerprint density at radius 1 is 1.40 bits per heavy atom. The van der Waals surface area contributed by atoms with E-state index >= 15 is 0 Å². The van der Waals surface area contributed by atoms with Crippen LogP contribution in [-0.2, 0) is 6.54 Å². The van der Waals surface area contributed by atoms with Gasteiger partial charge in [0.05, 0.1) is 12.5 Å². The van der Waals surface area contributed by atoms with Gasteiger partial charge in [-0.1, -0.05) is 0 Å². The first kappa shape index (κ1) is 11.6. The first-order valence-electron chi connectivity index (χ1n) is 4.31. The van der Waals surface area contributed by atoms with E-state index in [1.807, 2.05) is 4.98 Å². The van der Waals surface area contributed by atoms with Gasteiger partial charge in [-0.15, -0.1) is 0 Å².